The molecule has 2 rings (SSSR count). The third kappa shape index (κ3) is 2.48. The van der Waals surface area contributed by atoms with E-state index in [1.165, 1.54) is 30.5 Å². The SMILES string of the molecule is Cn1ncc(Cl)c1S(=O)(=O)NCc1cnc[nH]1. The molecule has 0 bridgehead atoms. The van der Waals surface area contributed by atoms with E-state index in [-0.39, 0.29) is 16.6 Å². The lowest BCUT2D eigenvalue weighted by Gasteiger charge is -2.06. The zero-order chi connectivity index (χ0) is 12.5. The molecule has 0 spiro atoms. The topological polar surface area (TPSA) is 92.7 Å². The van der Waals surface area contributed by atoms with Crippen LogP contribution in [-0.4, -0.2) is 28.2 Å². The molecular formula is C8H10ClN5O2S. The highest BCUT2D eigenvalue weighted by atomic mass is 35.5. The van der Waals surface area contributed by atoms with Crippen molar-refractivity contribution < 1.29 is 8.42 Å². The Balaban J connectivity index is 2.20. The summed E-state index contributed by atoms with van der Waals surface area (Å²) in [7, 11) is -2.17. The van der Waals surface area contributed by atoms with E-state index >= 15 is 0 Å². The second-order valence-electron chi connectivity index (χ2n) is 3.32. The minimum Gasteiger partial charge on any atom is -0.347 e. The molecule has 0 radical (unpaired) electrons. The number of halogens is 1. The van der Waals surface area contributed by atoms with Crippen LogP contribution in [0.5, 0.6) is 0 Å². The van der Waals surface area contributed by atoms with Crippen molar-refractivity contribution in [2.24, 2.45) is 7.05 Å². The molecule has 0 aliphatic heterocycles. The van der Waals surface area contributed by atoms with E-state index in [0.717, 1.165) is 0 Å². The molecule has 0 fully saturated rings. The molecule has 9 heteroatoms. The summed E-state index contributed by atoms with van der Waals surface area (Å²) in [6.45, 7) is 0.115. The fourth-order valence-corrected chi connectivity index (χ4v) is 2.98. The predicted octanol–water partition coefficient (Wildman–Crippen LogP) is 0.275. The fraction of sp³-hybridized carbons (Fsp3) is 0.250. The molecule has 0 saturated heterocycles. The Labute approximate surface area is 103 Å². The first-order chi connectivity index (χ1) is 8.00. The number of nitrogens with one attached hydrogen (secondary N) is 2. The normalized spacial score (nSPS) is 11.9. The van der Waals surface area contributed by atoms with Crippen LogP contribution in [0.3, 0.4) is 0 Å². The number of hydrogen-bond donors (Lipinski definition) is 2. The van der Waals surface area contributed by atoms with Gasteiger partial charge in [-0.15, -0.1) is 0 Å². The van der Waals surface area contributed by atoms with Crippen molar-refractivity contribution in [1.82, 2.24) is 24.5 Å². The summed E-state index contributed by atoms with van der Waals surface area (Å²) in [4.78, 5) is 6.58. The van der Waals surface area contributed by atoms with E-state index in [2.05, 4.69) is 19.8 Å². The summed E-state index contributed by atoms with van der Waals surface area (Å²) in [6, 6.07) is 0. The maximum Gasteiger partial charge on any atom is 0.259 e. The van der Waals surface area contributed by atoms with Crippen LogP contribution >= 0.6 is 11.6 Å². The van der Waals surface area contributed by atoms with Crippen LogP contribution in [0.1, 0.15) is 5.69 Å². The van der Waals surface area contributed by atoms with Gasteiger partial charge in [-0.1, -0.05) is 11.6 Å². The Morgan fingerprint density at radius 2 is 2.29 bits per heavy atom. The molecule has 0 saturated carbocycles. The maximum absolute atomic E-state index is 11.9. The summed E-state index contributed by atoms with van der Waals surface area (Å²) >= 11 is 5.77. The lowest BCUT2D eigenvalue weighted by molar-refractivity contribution is 0.562. The highest BCUT2D eigenvalue weighted by Gasteiger charge is 2.22. The van der Waals surface area contributed by atoms with Crippen molar-refractivity contribution in [2.75, 3.05) is 0 Å². The molecule has 0 aromatic carbocycles. The molecule has 7 nitrogen and oxygen atoms in total. The molecule has 2 aromatic rings. The van der Waals surface area contributed by atoms with Crippen LogP contribution in [0.4, 0.5) is 0 Å². The van der Waals surface area contributed by atoms with Gasteiger partial charge in [-0.3, -0.25) is 4.68 Å². The van der Waals surface area contributed by atoms with Crippen molar-refractivity contribution >= 4 is 21.6 Å². The molecule has 92 valence electrons. The van der Waals surface area contributed by atoms with Crippen molar-refractivity contribution in [3.8, 4) is 0 Å². The van der Waals surface area contributed by atoms with E-state index in [0.29, 0.717) is 5.69 Å². The van der Waals surface area contributed by atoms with E-state index in [4.69, 9.17) is 11.6 Å². The summed E-state index contributed by atoms with van der Waals surface area (Å²) < 4.78 is 27.5. The number of aryl methyl sites for hydroxylation is 1. The Bertz CT molecular complexity index is 584. The van der Waals surface area contributed by atoms with Gasteiger partial charge in [0.1, 0.15) is 0 Å². The molecule has 0 amide bonds. The monoisotopic (exact) mass is 275 g/mol. The summed E-state index contributed by atoms with van der Waals surface area (Å²) in [5.74, 6) is 0. The molecule has 2 N–H and O–H groups in total. The van der Waals surface area contributed by atoms with Gasteiger partial charge in [-0.25, -0.2) is 18.1 Å². The maximum atomic E-state index is 11.9. The highest BCUT2D eigenvalue weighted by molar-refractivity contribution is 7.89. The second-order valence-corrected chi connectivity index (χ2v) is 5.41. The van der Waals surface area contributed by atoms with E-state index in [1.54, 1.807) is 0 Å². The third-order valence-electron chi connectivity index (χ3n) is 2.10. The number of imidazole rings is 1. The van der Waals surface area contributed by atoms with Gasteiger partial charge in [-0.2, -0.15) is 5.10 Å². The van der Waals surface area contributed by atoms with E-state index < -0.39 is 10.0 Å². The van der Waals surface area contributed by atoms with E-state index in [1.807, 2.05) is 0 Å². The van der Waals surface area contributed by atoms with Crippen molar-refractivity contribution in [2.45, 2.75) is 11.6 Å². The Morgan fingerprint density at radius 3 is 2.82 bits per heavy atom. The van der Waals surface area contributed by atoms with Crippen LogP contribution < -0.4 is 4.72 Å². The number of H-pyrrole nitrogens is 1. The van der Waals surface area contributed by atoms with E-state index in [9.17, 15) is 8.42 Å². The molecular weight excluding hydrogens is 266 g/mol. The van der Waals surface area contributed by atoms with Gasteiger partial charge in [0.05, 0.1) is 24.1 Å². The first-order valence-corrected chi connectivity index (χ1v) is 6.51. The number of rotatable bonds is 4. The lowest BCUT2D eigenvalue weighted by Crippen LogP contribution is -2.25. The first kappa shape index (κ1) is 12.1. The summed E-state index contributed by atoms with van der Waals surface area (Å²) in [5, 5.41) is 3.80. The van der Waals surface area contributed by atoms with Gasteiger partial charge in [0.25, 0.3) is 10.0 Å². The molecule has 17 heavy (non-hydrogen) atoms. The standard InChI is InChI=1S/C8H10ClN5O2S/c1-14-8(7(9)4-12-14)17(15,16)13-3-6-2-10-5-11-6/h2,4-5,13H,3H2,1H3,(H,10,11). The van der Waals surface area contributed by atoms with Gasteiger partial charge in [0, 0.05) is 18.9 Å². The molecule has 2 aromatic heterocycles. The van der Waals surface area contributed by atoms with Crippen molar-refractivity contribution in [3.05, 3.63) is 29.4 Å². The van der Waals surface area contributed by atoms with Gasteiger partial charge in [0.15, 0.2) is 5.03 Å². The number of aromatic amines is 1. The lowest BCUT2D eigenvalue weighted by atomic mass is 10.5. The third-order valence-corrected chi connectivity index (χ3v) is 4.01. The highest BCUT2D eigenvalue weighted by Crippen LogP contribution is 2.19. The van der Waals surface area contributed by atoms with Crippen LogP contribution in [0.15, 0.2) is 23.7 Å². The average Bonchev–Trinajstić information content (AvgIpc) is 2.86. The van der Waals surface area contributed by atoms with Crippen LogP contribution in [0.2, 0.25) is 5.02 Å². The smallest absolute Gasteiger partial charge is 0.259 e. The average molecular weight is 276 g/mol. The molecule has 0 aliphatic carbocycles. The minimum absolute atomic E-state index is 0.0568. The number of aromatic nitrogens is 4. The van der Waals surface area contributed by atoms with Crippen molar-refractivity contribution in [1.29, 1.82) is 0 Å². The van der Waals surface area contributed by atoms with Crippen LogP contribution in [0, 0.1) is 0 Å². The minimum atomic E-state index is -3.68. The van der Waals surface area contributed by atoms with Crippen LogP contribution in [0.25, 0.3) is 0 Å². The Morgan fingerprint density at radius 1 is 1.53 bits per heavy atom. The zero-order valence-electron chi connectivity index (χ0n) is 8.88. The molecule has 0 unspecified atom stereocenters. The Hall–Kier alpha value is -1.38. The number of hydrogen-bond acceptors (Lipinski definition) is 4. The van der Waals surface area contributed by atoms with Crippen molar-refractivity contribution in [3.63, 3.8) is 0 Å². The largest absolute Gasteiger partial charge is 0.347 e. The predicted molar refractivity (Wildman–Crippen MR) is 60.8 cm³/mol. The fourth-order valence-electron chi connectivity index (χ4n) is 1.32. The quantitative estimate of drug-likeness (QED) is 0.838. The second kappa shape index (κ2) is 4.47. The summed E-state index contributed by atoms with van der Waals surface area (Å²) in [6.07, 6.45) is 4.29. The van der Waals surface area contributed by atoms with Gasteiger partial charge in [-0.05, 0) is 0 Å². The van der Waals surface area contributed by atoms with Gasteiger partial charge in [0.2, 0.25) is 0 Å². The molecule has 0 atom stereocenters. The van der Waals surface area contributed by atoms with Crippen LogP contribution in [-0.2, 0) is 23.6 Å². The zero-order valence-corrected chi connectivity index (χ0v) is 10.5. The van der Waals surface area contributed by atoms with Gasteiger partial charge >= 0.3 is 0 Å². The first-order valence-electron chi connectivity index (χ1n) is 4.65. The number of sulfonamides is 1. The molecule has 2 heterocycles. The summed E-state index contributed by atoms with van der Waals surface area (Å²) in [5.41, 5.74) is 0.659. The Kier molecular flexibility index (Phi) is 3.18. The molecule has 0 aliphatic rings. The number of nitrogens with zero attached hydrogens (tertiary/aromatic N) is 3. The van der Waals surface area contributed by atoms with Gasteiger partial charge < -0.3 is 4.98 Å².